The van der Waals surface area contributed by atoms with Gasteiger partial charge in [0.25, 0.3) is 0 Å². The average molecular weight is 174 g/mol. The average Bonchev–Trinajstić information content (AvgIpc) is 2.53. The molecule has 1 aliphatic carbocycles. The number of hydrogen-bond donors (Lipinski definition) is 1. The highest BCUT2D eigenvalue weighted by molar-refractivity contribution is 5.53. The van der Waals surface area contributed by atoms with Crippen LogP contribution in [0.1, 0.15) is 24.8 Å². The maximum Gasteiger partial charge on any atom is 0.0580 e. The van der Waals surface area contributed by atoms with E-state index in [1.807, 2.05) is 18.2 Å². The van der Waals surface area contributed by atoms with E-state index in [4.69, 9.17) is 0 Å². The van der Waals surface area contributed by atoms with Gasteiger partial charge in [-0.3, -0.25) is 0 Å². The minimum absolute atomic E-state index is 0.102. The molecule has 0 aliphatic heterocycles. The zero-order valence-corrected chi connectivity index (χ0v) is 7.61. The maximum absolute atomic E-state index is 9.34. The van der Waals surface area contributed by atoms with Gasteiger partial charge in [-0.05, 0) is 24.8 Å². The molecular weight excluding hydrogens is 160 g/mol. The Labute approximate surface area is 78.7 Å². The number of hydrogen-bond acceptors (Lipinski definition) is 1. The summed E-state index contributed by atoms with van der Waals surface area (Å²) in [5.41, 5.74) is 2.62. The van der Waals surface area contributed by atoms with Crippen LogP contribution in [0.3, 0.4) is 0 Å². The molecule has 0 aromatic heterocycles. The maximum atomic E-state index is 9.34. The smallest absolute Gasteiger partial charge is 0.0580 e. The Morgan fingerprint density at radius 2 is 2.00 bits per heavy atom. The summed E-state index contributed by atoms with van der Waals surface area (Å²) in [4.78, 5) is 0. The second-order valence-electron chi connectivity index (χ2n) is 3.61. The molecular formula is C12H14O. The lowest BCUT2D eigenvalue weighted by molar-refractivity contribution is 0.186. The van der Waals surface area contributed by atoms with Crippen LogP contribution in [0.15, 0.2) is 35.9 Å². The third-order valence-electron chi connectivity index (χ3n) is 2.47. The molecule has 1 atom stereocenters. The molecule has 68 valence electrons. The molecule has 0 spiro atoms. The molecule has 0 heterocycles. The quantitative estimate of drug-likeness (QED) is 0.694. The lowest BCUT2D eigenvalue weighted by atomic mass is 10.1. The normalized spacial score (nSPS) is 25.3. The van der Waals surface area contributed by atoms with Crippen LogP contribution < -0.4 is 0 Å². The second-order valence-corrected chi connectivity index (χ2v) is 3.61. The van der Waals surface area contributed by atoms with Gasteiger partial charge in [0.05, 0.1) is 6.10 Å². The van der Waals surface area contributed by atoms with Crippen molar-refractivity contribution in [3.05, 3.63) is 41.5 Å². The molecule has 1 saturated carbocycles. The van der Waals surface area contributed by atoms with Gasteiger partial charge in [-0.2, -0.15) is 0 Å². The van der Waals surface area contributed by atoms with Crippen LogP contribution in [0.4, 0.5) is 0 Å². The van der Waals surface area contributed by atoms with Crippen molar-refractivity contribution in [2.24, 2.45) is 0 Å². The summed E-state index contributed by atoms with van der Waals surface area (Å²) in [6.07, 6.45) is 4.93. The van der Waals surface area contributed by atoms with E-state index in [-0.39, 0.29) is 6.10 Å². The Morgan fingerprint density at radius 3 is 2.62 bits per heavy atom. The van der Waals surface area contributed by atoms with Crippen molar-refractivity contribution in [1.82, 2.24) is 0 Å². The molecule has 1 aliphatic rings. The summed E-state index contributed by atoms with van der Waals surface area (Å²) in [5, 5.41) is 9.34. The molecule has 0 saturated heterocycles. The van der Waals surface area contributed by atoms with Crippen LogP contribution >= 0.6 is 0 Å². The fourth-order valence-corrected chi connectivity index (χ4v) is 1.77. The van der Waals surface area contributed by atoms with Gasteiger partial charge in [-0.25, -0.2) is 0 Å². The van der Waals surface area contributed by atoms with Crippen molar-refractivity contribution in [3.63, 3.8) is 0 Å². The minimum Gasteiger partial charge on any atom is -0.393 e. The molecule has 1 aromatic carbocycles. The van der Waals surface area contributed by atoms with Gasteiger partial charge >= 0.3 is 0 Å². The van der Waals surface area contributed by atoms with Gasteiger partial charge < -0.3 is 5.11 Å². The third-order valence-corrected chi connectivity index (χ3v) is 2.47. The first-order valence-electron chi connectivity index (χ1n) is 4.77. The minimum atomic E-state index is -0.102. The summed E-state index contributed by atoms with van der Waals surface area (Å²) in [6.45, 7) is 0. The number of rotatable bonds is 1. The Kier molecular flexibility index (Phi) is 2.46. The zero-order chi connectivity index (χ0) is 9.10. The van der Waals surface area contributed by atoms with E-state index in [1.54, 1.807) is 0 Å². The molecule has 1 N–H and O–H groups in total. The summed E-state index contributed by atoms with van der Waals surface area (Å²) < 4.78 is 0. The topological polar surface area (TPSA) is 20.2 Å². The molecule has 0 amide bonds. The van der Waals surface area contributed by atoms with Gasteiger partial charge in [0.2, 0.25) is 0 Å². The first-order chi connectivity index (χ1) is 6.34. The predicted molar refractivity (Wildman–Crippen MR) is 54.3 cm³/mol. The highest BCUT2D eigenvalue weighted by Gasteiger charge is 2.15. The number of benzene rings is 1. The number of aliphatic hydroxyl groups excluding tert-OH is 1. The van der Waals surface area contributed by atoms with Gasteiger partial charge in [0.15, 0.2) is 0 Å². The Morgan fingerprint density at radius 1 is 1.23 bits per heavy atom. The van der Waals surface area contributed by atoms with Crippen LogP contribution in [0, 0.1) is 0 Å². The van der Waals surface area contributed by atoms with E-state index in [0.717, 1.165) is 19.3 Å². The Balaban J connectivity index is 2.13. The molecule has 13 heavy (non-hydrogen) atoms. The summed E-state index contributed by atoms with van der Waals surface area (Å²) >= 11 is 0. The molecule has 1 unspecified atom stereocenters. The van der Waals surface area contributed by atoms with E-state index in [2.05, 4.69) is 18.2 Å². The van der Waals surface area contributed by atoms with Crippen molar-refractivity contribution in [2.75, 3.05) is 0 Å². The predicted octanol–water partition coefficient (Wildman–Crippen LogP) is 2.61. The standard InChI is InChI=1S/C12H14O/c13-12-7-6-11(9-12)8-10-4-2-1-3-5-10/h1-5,8,12-13H,6-7,9H2/b11-8-. The van der Waals surface area contributed by atoms with Crippen LogP contribution in [0.25, 0.3) is 6.08 Å². The van der Waals surface area contributed by atoms with E-state index < -0.39 is 0 Å². The molecule has 1 fully saturated rings. The van der Waals surface area contributed by atoms with E-state index in [0.29, 0.717) is 0 Å². The summed E-state index contributed by atoms with van der Waals surface area (Å²) in [7, 11) is 0. The highest BCUT2D eigenvalue weighted by atomic mass is 16.3. The van der Waals surface area contributed by atoms with Crippen molar-refractivity contribution in [2.45, 2.75) is 25.4 Å². The molecule has 2 rings (SSSR count). The second kappa shape index (κ2) is 3.75. The van der Waals surface area contributed by atoms with E-state index in [1.165, 1.54) is 11.1 Å². The zero-order valence-electron chi connectivity index (χ0n) is 7.61. The van der Waals surface area contributed by atoms with Gasteiger partial charge in [0.1, 0.15) is 0 Å². The van der Waals surface area contributed by atoms with Crippen LogP contribution in [-0.4, -0.2) is 11.2 Å². The van der Waals surface area contributed by atoms with Crippen molar-refractivity contribution < 1.29 is 5.11 Å². The lowest BCUT2D eigenvalue weighted by Crippen LogP contribution is -1.95. The van der Waals surface area contributed by atoms with Crippen molar-refractivity contribution in [3.8, 4) is 0 Å². The molecule has 1 aromatic rings. The molecule has 0 radical (unpaired) electrons. The van der Waals surface area contributed by atoms with Crippen molar-refractivity contribution >= 4 is 6.08 Å². The van der Waals surface area contributed by atoms with Crippen LogP contribution in [-0.2, 0) is 0 Å². The fraction of sp³-hybridized carbons (Fsp3) is 0.333. The van der Waals surface area contributed by atoms with Crippen LogP contribution in [0.5, 0.6) is 0 Å². The van der Waals surface area contributed by atoms with Crippen LogP contribution in [0.2, 0.25) is 0 Å². The summed E-state index contributed by atoms with van der Waals surface area (Å²) in [5.74, 6) is 0. The van der Waals surface area contributed by atoms with Crippen molar-refractivity contribution in [1.29, 1.82) is 0 Å². The fourth-order valence-electron chi connectivity index (χ4n) is 1.77. The first-order valence-corrected chi connectivity index (χ1v) is 4.77. The highest BCUT2D eigenvalue weighted by Crippen LogP contribution is 2.26. The molecule has 1 heteroatoms. The monoisotopic (exact) mass is 174 g/mol. The van der Waals surface area contributed by atoms with E-state index in [9.17, 15) is 5.11 Å². The Bertz CT molecular complexity index is 300. The SMILES string of the molecule is OC1CC/C(=C/c2ccccc2)C1. The molecule has 0 bridgehead atoms. The lowest BCUT2D eigenvalue weighted by Gasteiger charge is -1.97. The molecule has 1 nitrogen and oxygen atoms in total. The van der Waals surface area contributed by atoms with Gasteiger partial charge in [-0.1, -0.05) is 42.0 Å². The number of aliphatic hydroxyl groups is 1. The van der Waals surface area contributed by atoms with Gasteiger partial charge in [-0.15, -0.1) is 0 Å². The first kappa shape index (κ1) is 8.52. The van der Waals surface area contributed by atoms with Gasteiger partial charge in [0, 0.05) is 0 Å². The third kappa shape index (κ3) is 2.19. The largest absolute Gasteiger partial charge is 0.393 e. The summed E-state index contributed by atoms with van der Waals surface area (Å²) in [6, 6.07) is 10.3. The Hall–Kier alpha value is -1.08. The van der Waals surface area contributed by atoms with E-state index >= 15 is 0 Å².